The number of nitrogens with zero attached hydrogens (tertiary/aromatic N) is 5. The lowest BCUT2D eigenvalue weighted by atomic mass is 10.2. The summed E-state index contributed by atoms with van der Waals surface area (Å²) < 4.78 is 0. The normalized spacial score (nSPS) is 11.1. The summed E-state index contributed by atoms with van der Waals surface area (Å²) in [5.74, 6) is -8.57. The Hall–Kier alpha value is -4.58. The van der Waals surface area contributed by atoms with Gasteiger partial charge in [-0.05, 0) is 18.6 Å². The Labute approximate surface area is 311 Å². The molecule has 0 rings (SSSR count). The number of hydrogen-bond acceptors (Lipinski definition) is 14. The summed E-state index contributed by atoms with van der Waals surface area (Å²) >= 11 is 4.15. The second kappa shape index (κ2) is 28.0. The molecule has 0 aliphatic carbocycles. The number of unbranched alkanes of at least 4 members (excludes halogenated alkanes) is 2. The van der Waals surface area contributed by atoms with Gasteiger partial charge < -0.3 is 46.2 Å². The van der Waals surface area contributed by atoms with Crippen molar-refractivity contribution in [3.8, 4) is 0 Å². The van der Waals surface area contributed by atoms with E-state index in [0.717, 1.165) is 22.6 Å². The molecule has 0 heterocycles. The predicted molar refractivity (Wildman–Crippen MR) is 186 cm³/mol. The van der Waals surface area contributed by atoms with Crippen molar-refractivity contribution < 1.29 is 73.8 Å². The van der Waals surface area contributed by atoms with E-state index in [1.165, 1.54) is 14.7 Å². The van der Waals surface area contributed by atoms with E-state index in [1.807, 2.05) is 0 Å². The van der Waals surface area contributed by atoms with Crippen LogP contribution in [0.3, 0.4) is 0 Å². The van der Waals surface area contributed by atoms with Crippen molar-refractivity contribution in [1.82, 2.24) is 35.1 Å². The molecule has 0 aromatic rings. The Bertz CT molecular complexity index is 1130. The number of carboxylic acid groups (broad SMARTS) is 6. The molecule has 0 aliphatic rings. The van der Waals surface area contributed by atoms with E-state index >= 15 is 0 Å². The molecule has 0 spiro atoms. The molecule has 0 unspecified atom stereocenters. The highest BCUT2D eigenvalue weighted by atomic mass is 32.1. The molecule has 0 aromatic carbocycles. The highest BCUT2D eigenvalue weighted by Gasteiger charge is 2.21. The maximum atomic E-state index is 13.0. The lowest BCUT2D eigenvalue weighted by Crippen LogP contribution is -2.48. The SMILES string of the molecule is O=C(O)CN(CCN(CC(=O)O)CC(=O)NCCN(CCNC(=O)CN(CCN(CC(=O)O)CC(=O)O)CC(=O)O)C(=O)CCCCCS)CC(=O)O. The van der Waals surface area contributed by atoms with Gasteiger partial charge in [-0.3, -0.25) is 62.8 Å². The van der Waals surface area contributed by atoms with Crippen molar-refractivity contribution >= 4 is 66.2 Å². The largest absolute Gasteiger partial charge is 0.480 e. The summed E-state index contributed by atoms with van der Waals surface area (Å²) in [6, 6.07) is 0. The third kappa shape index (κ3) is 27.7. The van der Waals surface area contributed by atoms with Crippen LogP contribution in [0.1, 0.15) is 25.7 Å². The van der Waals surface area contributed by atoms with Crippen molar-refractivity contribution in [3.63, 3.8) is 0 Å². The first-order chi connectivity index (χ1) is 24.9. The average molecular weight is 782 g/mol. The number of carboxylic acids is 6. The molecule has 0 radical (unpaired) electrons. The first kappa shape index (κ1) is 48.4. The lowest BCUT2D eigenvalue weighted by Gasteiger charge is -2.26. The minimum atomic E-state index is -1.29. The smallest absolute Gasteiger partial charge is 0.317 e. The molecule has 53 heavy (non-hydrogen) atoms. The van der Waals surface area contributed by atoms with Crippen molar-refractivity contribution in [2.24, 2.45) is 0 Å². The summed E-state index contributed by atoms with van der Waals surface area (Å²) in [5, 5.41) is 59.8. The van der Waals surface area contributed by atoms with E-state index in [1.54, 1.807) is 0 Å². The molecular weight excluding hydrogens is 730 g/mol. The molecule has 3 amide bonds. The zero-order chi connectivity index (χ0) is 40.3. The second-order valence-corrected chi connectivity index (χ2v) is 12.3. The van der Waals surface area contributed by atoms with E-state index in [4.69, 9.17) is 20.4 Å². The zero-order valence-corrected chi connectivity index (χ0v) is 30.3. The van der Waals surface area contributed by atoms with Crippen LogP contribution < -0.4 is 10.6 Å². The quantitative estimate of drug-likeness (QED) is 0.0228. The predicted octanol–water partition coefficient (Wildman–Crippen LogP) is -3.75. The van der Waals surface area contributed by atoms with Crippen LogP contribution in [0, 0.1) is 0 Å². The molecule has 0 bridgehead atoms. The molecule has 0 saturated heterocycles. The fraction of sp³-hybridized carbons (Fsp3) is 0.700. The first-order valence-electron chi connectivity index (χ1n) is 16.5. The van der Waals surface area contributed by atoms with Gasteiger partial charge >= 0.3 is 35.8 Å². The van der Waals surface area contributed by atoms with Gasteiger partial charge in [-0.15, -0.1) is 0 Å². The van der Waals surface area contributed by atoms with Crippen LogP contribution in [0.5, 0.6) is 0 Å². The molecule has 0 aromatic heterocycles. The number of carbonyl (C=O) groups is 9. The number of rotatable bonds is 33. The van der Waals surface area contributed by atoms with Gasteiger partial charge in [-0.2, -0.15) is 12.6 Å². The molecule has 0 atom stereocenters. The molecule has 23 heteroatoms. The van der Waals surface area contributed by atoms with Crippen LogP contribution >= 0.6 is 12.6 Å². The minimum absolute atomic E-state index is 0.00503. The van der Waals surface area contributed by atoms with Crippen molar-refractivity contribution in [3.05, 3.63) is 0 Å². The van der Waals surface area contributed by atoms with Crippen molar-refractivity contribution in [1.29, 1.82) is 0 Å². The van der Waals surface area contributed by atoms with Gasteiger partial charge in [0, 0.05) is 58.8 Å². The summed E-state index contributed by atoms with van der Waals surface area (Å²) in [6.45, 7) is -5.16. The Kier molecular flexibility index (Phi) is 25.6. The zero-order valence-electron chi connectivity index (χ0n) is 29.4. The summed E-state index contributed by atoms with van der Waals surface area (Å²) in [5.41, 5.74) is 0. The molecule has 302 valence electrons. The first-order valence-corrected chi connectivity index (χ1v) is 17.2. The highest BCUT2D eigenvalue weighted by molar-refractivity contribution is 7.80. The summed E-state index contributed by atoms with van der Waals surface area (Å²) in [6.07, 6.45) is 2.25. The van der Waals surface area contributed by atoms with E-state index in [0.29, 0.717) is 12.2 Å². The minimum Gasteiger partial charge on any atom is -0.480 e. The molecule has 0 aliphatic heterocycles. The number of hydrogen-bond donors (Lipinski definition) is 9. The second-order valence-electron chi connectivity index (χ2n) is 11.8. The van der Waals surface area contributed by atoms with Gasteiger partial charge in [-0.25, -0.2) is 0 Å². The summed E-state index contributed by atoms with van der Waals surface area (Å²) in [4.78, 5) is 111. The number of aliphatic carboxylic acids is 6. The van der Waals surface area contributed by atoms with Gasteiger partial charge in [0.1, 0.15) is 0 Å². The van der Waals surface area contributed by atoms with Gasteiger partial charge in [-0.1, -0.05) is 6.42 Å². The summed E-state index contributed by atoms with van der Waals surface area (Å²) in [7, 11) is 0. The van der Waals surface area contributed by atoms with E-state index < -0.39 is 100.0 Å². The number of nitrogens with one attached hydrogen (secondary N) is 2. The third-order valence-corrected chi connectivity index (χ3v) is 7.48. The Balaban J connectivity index is 5.33. The van der Waals surface area contributed by atoms with E-state index in [9.17, 15) is 53.4 Å². The molecule has 0 saturated carbocycles. The topological polar surface area (TPSA) is 315 Å². The van der Waals surface area contributed by atoms with Crippen LogP contribution in [-0.4, -0.2) is 219 Å². The third-order valence-electron chi connectivity index (χ3n) is 7.16. The molecule has 8 N–H and O–H groups in total. The molecule has 0 fully saturated rings. The van der Waals surface area contributed by atoms with Crippen LogP contribution in [-0.2, 0) is 43.2 Å². The fourth-order valence-corrected chi connectivity index (χ4v) is 5.06. The Morgan fingerprint density at radius 3 is 1.00 bits per heavy atom. The van der Waals surface area contributed by atoms with Gasteiger partial charge in [0.15, 0.2) is 0 Å². The van der Waals surface area contributed by atoms with E-state index in [-0.39, 0.29) is 64.7 Å². The standard InChI is InChI=1S/C30H51N7O15S/c38-22(14-33(16-25(41)42)9-11-35(18-27(45)46)19-28(47)48)31-5-7-37(24(40)4-2-1-3-13-53)8-6-32-23(39)15-34(17-26(43)44)10-12-36(20-29(49)50)21-30(51)52/h53H,1-21H2,(H,31,38)(H,32,39)(H,41,42)(H,43,44)(H,45,46)(H,47,48)(H,49,50)(H,51,52). The molecular formula is C30H51N7O15S. The Morgan fingerprint density at radius 1 is 0.415 bits per heavy atom. The maximum Gasteiger partial charge on any atom is 0.317 e. The number of carbonyl (C=O) groups excluding carboxylic acids is 3. The number of thiol groups is 1. The van der Waals surface area contributed by atoms with Gasteiger partial charge in [0.25, 0.3) is 0 Å². The lowest BCUT2D eigenvalue weighted by molar-refractivity contribution is -0.144. The fourth-order valence-electron chi connectivity index (χ4n) is 4.83. The maximum absolute atomic E-state index is 13.0. The van der Waals surface area contributed by atoms with Crippen molar-refractivity contribution in [2.75, 3.05) is 110 Å². The van der Waals surface area contributed by atoms with E-state index in [2.05, 4.69) is 23.3 Å². The molecule has 22 nitrogen and oxygen atoms in total. The average Bonchev–Trinajstić information content (AvgIpc) is 3.01. The van der Waals surface area contributed by atoms with Gasteiger partial charge in [0.05, 0.1) is 52.4 Å². The van der Waals surface area contributed by atoms with Crippen LogP contribution in [0.15, 0.2) is 0 Å². The monoisotopic (exact) mass is 781 g/mol. The van der Waals surface area contributed by atoms with Gasteiger partial charge in [0.2, 0.25) is 17.7 Å². The van der Waals surface area contributed by atoms with Crippen molar-refractivity contribution in [2.45, 2.75) is 25.7 Å². The van der Waals surface area contributed by atoms with Crippen LogP contribution in [0.25, 0.3) is 0 Å². The Morgan fingerprint density at radius 2 is 0.717 bits per heavy atom. The van der Waals surface area contributed by atoms with Crippen LogP contribution in [0.2, 0.25) is 0 Å². The highest BCUT2D eigenvalue weighted by Crippen LogP contribution is 2.05. The number of amides is 3. The van der Waals surface area contributed by atoms with Crippen LogP contribution in [0.4, 0.5) is 0 Å².